The third-order valence-corrected chi connectivity index (χ3v) is 1.27. The second-order valence-electron chi connectivity index (χ2n) is 2.21. The Bertz CT molecular complexity index is 120. The highest BCUT2D eigenvalue weighted by Crippen LogP contribution is 2.00. The molecule has 1 heterocycles. The van der Waals surface area contributed by atoms with Gasteiger partial charge in [0.05, 0.1) is 6.61 Å². The number of hydrogen-bond acceptors (Lipinski definition) is 3. The third kappa shape index (κ3) is 2.33. The standard InChI is InChI=1S/C6H11NO3/c1-5(8)7-2-6-3-9-4-10-6/h6H,2-4H2,1H3,(H,7,8). The number of carbonyl (C=O) groups is 1. The van der Waals surface area contributed by atoms with E-state index in [4.69, 9.17) is 9.47 Å². The first-order chi connectivity index (χ1) is 4.79. The van der Waals surface area contributed by atoms with E-state index in [2.05, 4.69) is 5.32 Å². The van der Waals surface area contributed by atoms with Gasteiger partial charge in [0, 0.05) is 13.5 Å². The second-order valence-corrected chi connectivity index (χ2v) is 2.21. The van der Waals surface area contributed by atoms with Crippen LogP contribution in [0.25, 0.3) is 0 Å². The van der Waals surface area contributed by atoms with Crippen LogP contribution in [0.3, 0.4) is 0 Å². The molecule has 1 fully saturated rings. The molecular formula is C6H11NO3. The highest BCUT2D eigenvalue weighted by molar-refractivity contribution is 5.72. The van der Waals surface area contributed by atoms with Crippen LogP contribution in [0, 0.1) is 0 Å². The summed E-state index contributed by atoms with van der Waals surface area (Å²) in [6, 6.07) is 0. The third-order valence-electron chi connectivity index (χ3n) is 1.27. The molecule has 0 radical (unpaired) electrons. The maximum Gasteiger partial charge on any atom is 0.216 e. The molecule has 1 rings (SSSR count). The Morgan fingerprint density at radius 2 is 2.60 bits per heavy atom. The summed E-state index contributed by atoms with van der Waals surface area (Å²) in [5.41, 5.74) is 0. The summed E-state index contributed by atoms with van der Waals surface area (Å²) >= 11 is 0. The average molecular weight is 145 g/mol. The van der Waals surface area contributed by atoms with E-state index >= 15 is 0 Å². The molecule has 1 aliphatic rings. The number of amides is 1. The van der Waals surface area contributed by atoms with Crippen molar-refractivity contribution < 1.29 is 14.3 Å². The van der Waals surface area contributed by atoms with Crippen LogP contribution in [0.4, 0.5) is 0 Å². The minimum absolute atomic E-state index is 0.0319. The van der Waals surface area contributed by atoms with Crippen molar-refractivity contribution in [2.75, 3.05) is 19.9 Å². The summed E-state index contributed by atoms with van der Waals surface area (Å²) in [5, 5.41) is 2.64. The second kappa shape index (κ2) is 3.53. The summed E-state index contributed by atoms with van der Waals surface area (Å²) in [5.74, 6) is -0.0319. The maximum atomic E-state index is 10.4. The predicted octanol–water partition coefficient (Wildman–Crippen LogP) is -0.505. The van der Waals surface area contributed by atoms with E-state index < -0.39 is 0 Å². The molecule has 0 aromatic heterocycles. The summed E-state index contributed by atoms with van der Waals surface area (Å²) in [6.45, 7) is 2.97. The van der Waals surface area contributed by atoms with Crippen molar-refractivity contribution in [2.45, 2.75) is 13.0 Å². The van der Waals surface area contributed by atoms with Gasteiger partial charge in [-0.15, -0.1) is 0 Å². The highest BCUT2D eigenvalue weighted by atomic mass is 16.7. The summed E-state index contributed by atoms with van der Waals surface area (Å²) < 4.78 is 9.98. The monoisotopic (exact) mass is 145 g/mol. The number of hydrogen-bond donors (Lipinski definition) is 1. The van der Waals surface area contributed by atoms with Crippen molar-refractivity contribution >= 4 is 5.91 Å². The fourth-order valence-corrected chi connectivity index (χ4v) is 0.747. The van der Waals surface area contributed by atoms with Gasteiger partial charge in [-0.05, 0) is 0 Å². The Hall–Kier alpha value is -0.610. The van der Waals surface area contributed by atoms with E-state index in [-0.39, 0.29) is 12.0 Å². The molecule has 0 aromatic rings. The topological polar surface area (TPSA) is 47.6 Å². The van der Waals surface area contributed by atoms with Crippen LogP contribution >= 0.6 is 0 Å². The predicted molar refractivity (Wildman–Crippen MR) is 34.4 cm³/mol. The maximum absolute atomic E-state index is 10.4. The molecule has 4 nitrogen and oxygen atoms in total. The Kier molecular flexibility index (Phi) is 2.65. The Balaban J connectivity index is 2.07. The fraction of sp³-hybridized carbons (Fsp3) is 0.833. The van der Waals surface area contributed by atoms with Gasteiger partial charge >= 0.3 is 0 Å². The minimum atomic E-state index is -0.0319. The van der Waals surface area contributed by atoms with Gasteiger partial charge in [0.2, 0.25) is 5.91 Å². The van der Waals surface area contributed by atoms with Crippen molar-refractivity contribution in [3.63, 3.8) is 0 Å². The summed E-state index contributed by atoms with van der Waals surface area (Å²) in [6.07, 6.45) is 0.0453. The van der Waals surface area contributed by atoms with Gasteiger partial charge in [0.1, 0.15) is 12.9 Å². The summed E-state index contributed by atoms with van der Waals surface area (Å²) in [7, 11) is 0. The van der Waals surface area contributed by atoms with E-state index in [0.29, 0.717) is 19.9 Å². The molecule has 58 valence electrons. The van der Waals surface area contributed by atoms with Crippen molar-refractivity contribution in [1.29, 1.82) is 0 Å². The zero-order chi connectivity index (χ0) is 7.40. The first-order valence-electron chi connectivity index (χ1n) is 3.23. The number of ether oxygens (including phenoxy) is 2. The van der Waals surface area contributed by atoms with Crippen molar-refractivity contribution in [2.24, 2.45) is 0 Å². The highest BCUT2D eigenvalue weighted by Gasteiger charge is 2.15. The molecule has 1 saturated heterocycles. The van der Waals surface area contributed by atoms with Gasteiger partial charge in [-0.1, -0.05) is 0 Å². The largest absolute Gasteiger partial charge is 0.354 e. The fourth-order valence-electron chi connectivity index (χ4n) is 0.747. The minimum Gasteiger partial charge on any atom is -0.354 e. The molecular weight excluding hydrogens is 134 g/mol. The van der Waals surface area contributed by atoms with Crippen LogP contribution in [0.5, 0.6) is 0 Å². The number of rotatable bonds is 2. The van der Waals surface area contributed by atoms with Gasteiger partial charge < -0.3 is 14.8 Å². The zero-order valence-electron chi connectivity index (χ0n) is 5.92. The molecule has 4 heteroatoms. The molecule has 0 bridgehead atoms. The molecule has 0 aromatic carbocycles. The first-order valence-corrected chi connectivity index (χ1v) is 3.23. The number of nitrogens with one attached hydrogen (secondary N) is 1. The quantitative estimate of drug-likeness (QED) is 0.569. The molecule has 0 aliphatic carbocycles. The molecule has 0 saturated carbocycles. The lowest BCUT2D eigenvalue weighted by Crippen LogP contribution is -2.31. The van der Waals surface area contributed by atoms with Crippen LogP contribution in [0.2, 0.25) is 0 Å². The van der Waals surface area contributed by atoms with Gasteiger partial charge in [0.25, 0.3) is 0 Å². The van der Waals surface area contributed by atoms with Gasteiger partial charge in [-0.2, -0.15) is 0 Å². The molecule has 1 unspecified atom stereocenters. The van der Waals surface area contributed by atoms with E-state index in [1.54, 1.807) is 0 Å². The van der Waals surface area contributed by atoms with Crippen molar-refractivity contribution in [1.82, 2.24) is 5.32 Å². The molecule has 1 aliphatic heterocycles. The molecule has 1 atom stereocenters. The van der Waals surface area contributed by atoms with Crippen LogP contribution in [-0.2, 0) is 14.3 Å². The molecule has 1 amide bonds. The van der Waals surface area contributed by atoms with E-state index in [1.807, 2.05) is 0 Å². The Morgan fingerprint density at radius 3 is 3.10 bits per heavy atom. The Labute approximate surface area is 59.5 Å². The molecule has 10 heavy (non-hydrogen) atoms. The SMILES string of the molecule is CC(=O)NCC1COCO1. The first kappa shape index (κ1) is 7.50. The van der Waals surface area contributed by atoms with E-state index in [0.717, 1.165) is 0 Å². The van der Waals surface area contributed by atoms with Crippen LogP contribution < -0.4 is 5.32 Å². The van der Waals surface area contributed by atoms with Crippen molar-refractivity contribution in [3.8, 4) is 0 Å². The molecule has 1 N–H and O–H groups in total. The van der Waals surface area contributed by atoms with Crippen molar-refractivity contribution in [3.05, 3.63) is 0 Å². The van der Waals surface area contributed by atoms with E-state index in [1.165, 1.54) is 6.92 Å². The van der Waals surface area contributed by atoms with Crippen LogP contribution in [-0.4, -0.2) is 32.0 Å². The van der Waals surface area contributed by atoms with Crippen LogP contribution in [0.15, 0.2) is 0 Å². The lowest BCUT2D eigenvalue weighted by Gasteiger charge is -2.06. The zero-order valence-corrected chi connectivity index (χ0v) is 5.92. The normalized spacial score (nSPS) is 24.7. The van der Waals surface area contributed by atoms with E-state index in [9.17, 15) is 4.79 Å². The van der Waals surface area contributed by atoms with Gasteiger partial charge in [0.15, 0.2) is 0 Å². The smallest absolute Gasteiger partial charge is 0.216 e. The van der Waals surface area contributed by atoms with Gasteiger partial charge in [-0.3, -0.25) is 4.79 Å². The molecule has 0 spiro atoms. The Morgan fingerprint density at radius 1 is 1.80 bits per heavy atom. The number of carbonyl (C=O) groups excluding carboxylic acids is 1. The van der Waals surface area contributed by atoms with Crippen LogP contribution in [0.1, 0.15) is 6.92 Å². The summed E-state index contributed by atoms with van der Waals surface area (Å²) in [4.78, 5) is 10.4. The lowest BCUT2D eigenvalue weighted by molar-refractivity contribution is -0.119. The average Bonchev–Trinajstić information content (AvgIpc) is 2.34. The van der Waals surface area contributed by atoms with Gasteiger partial charge in [-0.25, -0.2) is 0 Å². The lowest BCUT2D eigenvalue weighted by atomic mass is 10.4.